The number of nitrogens with one attached hydrogen (secondary N) is 2. The van der Waals surface area contributed by atoms with E-state index in [4.69, 9.17) is 4.74 Å². The van der Waals surface area contributed by atoms with Gasteiger partial charge in [-0.25, -0.2) is 17.5 Å². The van der Waals surface area contributed by atoms with Crippen LogP contribution < -0.4 is 14.8 Å². The van der Waals surface area contributed by atoms with E-state index in [1.54, 1.807) is 13.0 Å². The number of unbranched alkanes of at least 4 members (excludes halogenated alkanes) is 1. The van der Waals surface area contributed by atoms with Crippen molar-refractivity contribution in [3.05, 3.63) is 53.8 Å². The predicted molar refractivity (Wildman–Crippen MR) is 102 cm³/mol. The van der Waals surface area contributed by atoms with Crippen molar-refractivity contribution in [2.24, 2.45) is 0 Å². The third kappa shape index (κ3) is 5.51. The van der Waals surface area contributed by atoms with Crippen molar-refractivity contribution in [3.63, 3.8) is 0 Å². The average Bonchev–Trinajstić information content (AvgIpc) is 2.63. The number of rotatable bonds is 9. The van der Waals surface area contributed by atoms with E-state index >= 15 is 0 Å². The zero-order chi connectivity index (χ0) is 19.9. The molecule has 0 saturated carbocycles. The van der Waals surface area contributed by atoms with Gasteiger partial charge in [-0.1, -0.05) is 25.5 Å². The van der Waals surface area contributed by atoms with Crippen LogP contribution in [-0.4, -0.2) is 27.5 Å². The number of hydrogen-bond acceptors (Lipinski definition) is 4. The number of halogens is 1. The van der Waals surface area contributed by atoms with Crippen molar-refractivity contribution in [1.82, 2.24) is 4.72 Å². The molecule has 0 unspecified atom stereocenters. The van der Waals surface area contributed by atoms with Gasteiger partial charge in [0.2, 0.25) is 10.0 Å². The molecule has 0 saturated heterocycles. The molecule has 1 amide bonds. The van der Waals surface area contributed by atoms with Gasteiger partial charge in [0.15, 0.2) is 0 Å². The number of anilines is 1. The SMILES string of the molecule is CCCCNS(=O)(=O)c1ccc(OCC)c(NC(=O)c2ccccc2F)c1. The lowest BCUT2D eigenvalue weighted by Crippen LogP contribution is -2.25. The first kappa shape index (κ1) is 20.9. The molecular formula is C19H23FN2O4S. The van der Waals surface area contributed by atoms with Crippen molar-refractivity contribution in [2.75, 3.05) is 18.5 Å². The van der Waals surface area contributed by atoms with Crippen molar-refractivity contribution >= 4 is 21.6 Å². The molecule has 2 rings (SSSR count). The highest BCUT2D eigenvalue weighted by molar-refractivity contribution is 7.89. The predicted octanol–water partition coefficient (Wildman–Crippen LogP) is 3.56. The molecule has 146 valence electrons. The quantitative estimate of drug-likeness (QED) is 0.637. The fourth-order valence-corrected chi connectivity index (χ4v) is 3.46. The first-order valence-corrected chi connectivity index (χ1v) is 10.2. The molecule has 0 aliphatic rings. The van der Waals surface area contributed by atoms with E-state index < -0.39 is 21.7 Å². The lowest BCUT2D eigenvalue weighted by atomic mass is 10.2. The van der Waals surface area contributed by atoms with Gasteiger partial charge >= 0.3 is 0 Å². The first-order valence-electron chi connectivity index (χ1n) is 8.71. The molecule has 0 heterocycles. The van der Waals surface area contributed by atoms with Crippen LogP contribution in [0.25, 0.3) is 0 Å². The molecule has 2 aromatic rings. The van der Waals surface area contributed by atoms with Gasteiger partial charge in [0.25, 0.3) is 5.91 Å². The van der Waals surface area contributed by atoms with Crippen molar-refractivity contribution < 1.29 is 22.3 Å². The Morgan fingerprint density at radius 2 is 1.89 bits per heavy atom. The van der Waals surface area contributed by atoms with Crippen LogP contribution in [0.3, 0.4) is 0 Å². The molecule has 0 aliphatic heterocycles. The summed E-state index contributed by atoms with van der Waals surface area (Å²) in [6.45, 7) is 4.37. The number of carbonyl (C=O) groups excluding carboxylic acids is 1. The Bertz CT molecular complexity index is 900. The third-order valence-electron chi connectivity index (χ3n) is 3.75. The van der Waals surface area contributed by atoms with Crippen molar-refractivity contribution in [2.45, 2.75) is 31.6 Å². The lowest BCUT2D eigenvalue weighted by Gasteiger charge is -2.14. The Labute approximate surface area is 158 Å². The highest BCUT2D eigenvalue weighted by Crippen LogP contribution is 2.28. The molecule has 2 N–H and O–H groups in total. The van der Waals surface area contributed by atoms with E-state index in [0.717, 1.165) is 6.42 Å². The van der Waals surface area contributed by atoms with Gasteiger partial charge in [-0.3, -0.25) is 4.79 Å². The zero-order valence-electron chi connectivity index (χ0n) is 15.3. The topological polar surface area (TPSA) is 84.5 Å². The molecule has 0 spiro atoms. The highest BCUT2D eigenvalue weighted by atomic mass is 32.2. The molecule has 27 heavy (non-hydrogen) atoms. The van der Waals surface area contributed by atoms with Crippen molar-refractivity contribution in [1.29, 1.82) is 0 Å². The minimum absolute atomic E-state index is 0.00844. The zero-order valence-corrected chi connectivity index (χ0v) is 16.1. The van der Waals surface area contributed by atoms with Crippen LogP contribution in [-0.2, 0) is 10.0 Å². The Morgan fingerprint density at radius 3 is 2.56 bits per heavy atom. The van der Waals surface area contributed by atoms with Gasteiger partial charge in [0, 0.05) is 6.54 Å². The molecule has 8 heteroatoms. The van der Waals surface area contributed by atoms with E-state index in [9.17, 15) is 17.6 Å². The second-order valence-corrected chi connectivity index (χ2v) is 7.54. The summed E-state index contributed by atoms with van der Waals surface area (Å²) in [5.41, 5.74) is 0.0118. The number of hydrogen-bond donors (Lipinski definition) is 2. The minimum atomic E-state index is -3.73. The molecule has 0 atom stereocenters. The number of ether oxygens (including phenoxy) is 1. The van der Waals surface area contributed by atoms with Crippen LogP contribution in [0.4, 0.5) is 10.1 Å². The van der Waals surface area contributed by atoms with Crippen LogP contribution in [0.5, 0.6) is 5.75 Å². The number of amides is 1. The van der Waals surface area contributed by atoms with Crippen LogP contribution >= 0.6 is 0 Å². The second-order valence-electron chi connectivity index (χ2n) is 5.78. The summed E-state index contributed by atoms with van der Waals surface area (Å²) in [6, 6.07) is 9.71. The van der Waals surface area contributed by atoms with Gasteiger partial charge in [0.05, 0.1) is 22.8 Å². The van der Waals surface area contributed by atoms with E-state index in [0.29, 0.717) is 25.3 Å². The summed E-state index contributed by atoms with van der Waals surface area (Å²) < 4.78 is 46.6. The van der Waals surface area contributed by atoms with Gasteiger partial charge < -0.3 is 10.1 Å². The van der Waals surface area contributed by atoms with E-state index in [-0.39, 0.29) is 16.1 Å². The average molecular weight is 394 g/mol. The summed E-state index contributed by atoms with van der Waals surface area (Å²) in [5.74, 6) is -1.06. The molecular weight excluding hydrogens is 371 g/mol. The number of benzene rings is 2. The third-order valence-corrected chi connectivity index (χ3v) is 5.21. The smallest absolute Gasteiger partial charge is 0.258 e. The molecule has 6 nitrogen and oxygen atoms in total. The molecule has 0 bridgehead atoms. The first-order chi connectivity index (χ1) is 12.9. The van der Waals surface area contributed by atoms with Crippen LogP contribution in [0.1, 0.15) is 37.0 Å². The second kappa shape index (κ2) is 9.48. The Balaban J connectivity index is 2.33. The largest absolute Gasteiger partial charge is 0.492 e. The summed E-state index contributed by atoms with van der Waals surface area (Å²) in [7, 11) is -3.73. The minimum Gasteiger partial charge on any atom is -0.492 e. The maximum Gasteiger partial charge on any atom is 0.258 e. The van der Waals surface area contributed by atoms with Gasteiger partial charge in [-0.2, -0.15) is 0 Å². The molecule has 0 fully saturated rings. The lowest BCUT2D eigenvalue weighted by molar-refractivity contribution is 0.102. The van der Waals surface area contributed by atoms with E-state index in [1.807, 2.05) is 6.92 Å². The fraction of sp³-hybridized carbons (Fsp3) is 0.316. The Morgan fingerprint density at radius 1 is 1.15 bits per heavy atom. The monoisotopic (exact) mass is 394 g/mol. The summed E-state index contributed by atoms with van der Waals surface area (Å²) >= 11 is 0. The van der Waals surface area contributed by atoms with Crippen LogP contribution in [0.2, 0.25) is 0 Å². The van der Waals surface area contributed by atoms with Crippen LogP contribution in [0.15, 0.2) is 47.4 Å². The van der Waals surface area contributed by atoms with Gasteiger partial charge in [-0.05, 0) is 43.7 Å². The summed E-state index contributed by atoms with van der Waals surface area (Å²) in [5, 5.41) is 2.54. The standard InChI is InChI=1S/C19H23FN2O4S/c1-3-5-12-21-27(24,25)14-10-11-18(26-4-2)17(13-14)22-19(23)15-8-6-7-9-16(15)20/h6-11,13,21H,3-5,12H2,1-2H3,(H,22,23). The van der Waals surface area contributed by atoms with E-state index in [2.05, 4.69) is 10.0 Å². The van der Waals surface area contributed by atoms with Gasteiger partial charge in [-0.15, -0.1) is 0 Å². The molecule has 2 aromatic carbocycles. The fourth-order valence-electron chi connectivity index (χ4n) is 2.36. The normalized spacial score (nSPS) is 11.2. The molecule has 0 aromatic heterocycles. The maximum absolute atomic E-state index is 13.8. The summed E-state index contributed by atoms with van der Waals surface area (Å²) in [4.78, 5) is 12.4. The molecule has 0 radical (unpaired) electrons. The van der Waals surface area contributed by atoms with Crippen LogP contribution in [0, 0.1) is 5.82 Å². The highest BCUT2D eigenvalue weighted by Gasteiger charge is 2.19. The number of sulfonamides is 1. The van der Waals surface area contributed by atoms with E-state index in [1.165, 1.54) is 36.4 Å². The summed E-state index contributed by atoms with van der Waals surface area (Å²) in [6.07, 6.45) is 1.57. The van der Waals surface area contributed by atoms with Crippen molar-refractivity contribution in [3.8, 4) is 5.75 Å². The molecule has 0 aliphatic carbocycles. The van der Waals surface area contributed by atoms with Gasteiger partial charge in [0.1, 0.15) is 11.6 Å². The Hall–Kier alpha value is -2.45. The Kier molecular flexibility index (Phi) is 7.32. The number of carbonyl (C=O) groups is 1. The maximum atomic E-state index is 13.8.